The van der Waals surface area contributed by atoms with Crippen LogP contribution in [0.15, 0.2) is 66.7 Å². The van der Waals surface area contributed by atoms with Crippen molar-refractivity contribution >= 4 is 0 Å². The third-order valence-electron chi connectivity index (χ3n) is 6.84. The molecule has 1 aliphatic heterocycles. The molecule has 0 unspecified atom stereocenters. The van der Waals surface area contributed by atoms with Crippen molar-refractivity contribution in [1.29, 1.82) is 0 Å². The highest BCUT2D eigenvalue weighted by Crippen LogP contribution is 2.52. The zero-order valence-electron chi connectivity index (χ0n) is 16.3. The second kappa shape index (κ2) is 7.90. The quantitative estimate of drug-likeness (QED) is 0.728. The molecule has 1 N–H and O–H groups in total. The van der Waals surface area contributed by atoms with Crippen molar-refractivity contribution in [3.63, 3.8) is 0 Å². The van der Waals surface area contributed by atoms with Crippen LogP contribution in [0, 0.1) is 5.92 Å². The number of nitrogens with zero attached hydrogens (tertiary/aromatic N) is 1. The van der Waals surface area contributed by atoms with E-state index in [9.17, 15) is 5.11 Å². The fraction of sp³-hybridized carbons (Fsp3) is 0.440. The molecule has 2 aliphatic rings. The van der Waals surface area contributed by atoms with Gasteiger partial charge in [-0.1, -0.05) is 61.0 Å². The first kappa shape index (κ1) is 18.3. The van der Waals surface area contributed by atoms with Crippen molar-refractivity contribution in [2.24, 2.45) is 5.92 Å². The van der Waals surface area contributed by atoms with Crippen molar-refractivity contribution in [1.82, 2.24) is 4.90 Å². The second-order valence-electron chi connectivity index (χ2n) is 8.24. The average Bonchev–Trinajstić information content (AvgIpc) is 2.69. The Balaban J connectivity index is 1.59. The Hall–Kier alpha value is -2.06. The summed E-state index contributed by atoms with van der Waals surface area (Å²) in [5, 5.41) is 10.1. The van der Waals surface area contributed by atoms with Gasteiger partial charge in [-0.25, -0.2) is 0 Å². The molecule has 1 saturated heterocycles. The maximum Gasteiger partial charge on any atom is 0.115 e. The van der Waals surface area contributed by atoms with Crippen LogP contribution in [0.3, 0.4) is 0 Å². The molecule has 2 fully saturated rings. The highest BCUT2D eigenvalue weighted by Gasteiger charge is 2.50. The van der Waals surface area contributed by atoms with Crippen LogP contribution >= 0.6 is 0 Å². The van der Waals surface area contributed by atoms with Crippen molar-refractivity contribution in [2.45, 2.75) is 50.5 Å². The molecule has 2 bridgehead atoms. The van der Waals surface area contributed by atoms with Gasteiger partial charge < -0.3 is 5.11 Å². The third-order valence-corrected chi connectivity index (χ3v) is 6.84. The zero-order valence-corrected chi connectivity index (χ0v) is 16.3. The Morgan fingerprint density at radius 3 is 2.74 bits per heavy atom. The summed E-state index contributed by atoms with van der Waals surface area (Å²) in [5.41, 5.74) is 2.94. The van der Waals surface area contributed by atoms with Crippen LogP contribution in [-0.4, -0.2) is 29.1 Å². The molecule has 1 saturated carbocycles. The van der Waals surface area contributed by atoms with Gasteiger partial charge in [0.1, 0.15) is 5.75 Å². The predicted molar refractivity (Wildman–Crippen MR) is 112 cm³/mol. The first-order valence-electron chi connectivity index (χ1n) is 10.4. The average molecular weight is 362 g/mol. The van der Waals surface area contributed by atoms with Crippen molar-refractivity contribution in [3.05, 3.63) is 77.9 Å². The molecule has 0 radical (unpaired) electrons. The van der Waals surface area contributed by atoms with E-state index in [0.29, 0.717) is 17.7 Å². The predicted octanol–water partition coefficient (Wildman–Crippen LogP) is 5.32. The van der Waals surface area contributed by atoms with E-state index < -0.39 is 0 Å². The van der Waals surface area contributed by atoms with Crippen LogP contribution in [0.1, 0.15) is 43.7 Å². The Labute approximate surface area is 163 Å². The maximum absolute atomic E-state index is 10.1. The largest absolute Gasteiger partial charge is 0.508 e. The molecule has 2 nitrogen and oxygen atoms in total. The van der Waals surface area contributed by atoms with E-state index in [0.717, 1.165) is 19.5 Å². The topological polar surface area (TPSA) is 23.5 Å². The SMILES string of the molecule is C/C=C\[C@H]1[C@H]2CCC[C@]1(c1cccc(O)c1)CCN2CCc1ccccc1. The Morgan fingerprint density at radius 1 is 1.11 bits per heavy atom. The van der Waals surface area contributed by atoms with Gasteiger partial charge >= 0.3 is 0 Å². The summed E-state index contributed by atoms with van der Waals surface area (Å²) in [4.78, 5) is 2.73. The standard InChI is InChI=1S/C25H31NO/c1-2-8-23-24-13-7-15-25(23,21-11-6-12-22(27)19-21)16-18-26(24)17-14-20-9-4-3-5-10-20/h2-6,8-12,19,23-24,27H,7,13-18H2,1H3/b8-2-/t23-,24+,25+/m0/s1. The summed E-state index contributed by atoms with van der Waals surface area (Å²) in [7, 11) is 0. The smallest absolute Gasteiger partial charge is 0.115 e. The van der Waals surface area contributed by atoms with Crippen LogP contribution in [0.5, 0.6) is 5.75 Å². The van der Waals surface area contributed by atoms with Crippen molar-refractivity contribution in [2.75, 3.05) is 13.1 Å². The molecular weight excluding hydrogens is 330 g/mol. The summed E-state index contributed by atoms with van der Waals surface area (Å²) >= 11 is 0. The first-order valence-corrected chi connectivity index (χ1v) is 10.4. The minimum absolute atomic E-state index is 0.178. The van der Waals surface area contributed by atoms with Gasteiger partial charge in [0, 0.05) is 23.9 Å². The van der Waals surface area contributed by atoms with Gasteiger partial charge in [0.25, 0.3) is 0 Å². The molecule has 142 valence electrons. The van der Waals surface area contributed by atoms with Gasteiger partial charge in [-0.05, 0) is 62.4 Å². The van der Waals surface area contributed by atoms with E-state index in [1.807, 2.05) is 12.1 Å². The van der Waals surface area contributed by atoms with Gasteiger partial charge in [-0.15, -0.1) is 0 Å². The van der Waals surface area contributed by atoms with Crippen LogP contribution in [0.4, 0.5) is 0 Å². The zero-order chi connectivity index (χ0) is 18.7. The van der Waals surface area contributed by atoms with Crippen molar-refractivity contribution < 1.29 is 5.11 Å². The Kier molecular flexibility index (Phi) is 5.36. The number of phenolic OH excluding ortho intramolecular Hbond substituents is 1. The van der Waals surface area contributed by atoms with Crippen molar-refractivity contribution in [3.8, 4) is 5.75 Å². The summed E-state index contributed by atoms with van der Waals surface area (Å²) < 4.78 is 0. The third kappa shape index (κ3) is 3.55. The lowest BCUT2D eigenvalue weighted by Gasteiger charge is -2.56. The van der Waals surface area contributed by atoms with E-state index in [1.54, 1.807) is 6.07 Å². The number of hydrogen-bond acceptors (Lipinski definition) is 2. The van der Waals surface area contributed by atoms with Gasteiger partial charge in [-0.3, -0.25) is 4.90 Å². The Morgan fingerprint density at radius 2 is 1.96 bits per heavy atom. The van der Waals surface area contributed by atoms with Gasteiger partial charge in [-0.2, -0.15) is 0 Å². The number of piperidine rings is 1. The molecule has 0 spiro atoms. The van der Waals surface area contributed by atoms with E-state index in [2.05, 4.69) is 60.4 Å². The van der Waals surface area contributed by atoms with Gasteiger partial charge in [0.05, 0.1) is 0 Å². The van der Waals surface area contributed by atoms with E-state index in [4.69, 9.17) is 0 Å². The highest BCUT2D eigenvalue weighted by molar-refractivity contribution is 5.37. The number of aromatic hydroxyl groups is 1. The number of phenols is 1. The second-order valence-corrected chi connectivity index (χ2v) is 8.24. The summed E-state index contributed by atoms with van der Waals surface area (Å²) in [6.45, 7) is 4.44. The maximum atomic E-state index is 10.1. The molecule has 4 rings (SSSR count). The normalized spacial score (nSPS) is 28.5. The molecule has 0 amide bonds. The molecule has 1 heterocycles. The first-order chi connectivity index (χ1) is 13.2. The molecule has 3 atom stereocenters. The number of allylic oxidation sites excluding steroid dienone is 1. The van der Waals surface area contributed by atoms with Gasteiger partial charge in [0.15, 0.2) is 0 Å². The number of rotatable bonds is 5. The minimum atomic E-state index is 0.178. The molecular formula is C25H31NO. The fourth-order valence-electron chi connectivity index (χ4n) is 5.56. The summed E-state index contributed by atoms with van der Waals surface area (Å²) in [6, 6.07) is 19.5. The molecule has 0 aromatic heterocycles. The van der Waals surface area contributed by atoms with E-state index in [1.165, 1.54) is 36.8 Å². The molecule has 1 aliphatic carbocycles. The van der Waals surface area contributed by atoms with Gasteiger partial charge in [0.2, 0.25) is 0 Å². The van der Waals surface area contributed by atoms with E-state index >= 15 is 0 Å². The molecule has 2 aromatic carbocycles. The van der Waals surface area contributed by atoms with E-state index in [-0.39, 0.29) is 5.41 Å². The van der Waals surface area contributed by atoms with Crippen LogP contribution < -0.4 is 0 Å². The lowest BCUT2D eigenvalue weighted by molar-refractivity contribution is 0.0113. The Bertz CT molecular complexity index is 784. The van der Waals surface area contributed by atoms with Crippen LogP contribution in [0.2, 0.25) is 0 Å². The fourth-order valence-corrected chi connectivity index (χ4v) is 5.56. The monoisotopic (exact) mass is 361 g/mol. The molecule has 27 heavy (non-hydrogen) atoms. The number of fused-ring (bicyclic) bond motifs is 2. The van der Waals surface area contributed by atoms with Crippen LogP contribution in [-0.2, 0) is 11.8 Å². The number of hydrogen-bond donors (Lipinski definition) is 1. The minimum Gasteiger partial charge on any atom is -0.508 e. The summed E-state index contributed by atoms with van der Waals surface area (Å²) in [6.07, 6.45) is 10.8. The highest BCUT2D eigenvalue weighted by atomic mass is 16.3. The molecule has 2 heteroatoms. The number of likely N-dealkylation sites (tertiary alicyclic amines) is 1. The summed E-state index contributed by atoms with van der Waals surface area (Å²) in [5.74, 6) is 0.928. The molecule has 2 aromatic rings. The lowest BCUT2D eigenvalue weighted by atomic mass is 9.56. The van der Waals surface area contributed by atoms with Crippen LogP contribution in [0.25, 0.3) is 0 Å². The number of benzene rings is 2. The lowest BCUT2D eigenvalue weighted by Crippen LogP contribution is -2.58.